The molecule has 2 unspecified atom stereocenters. The zero-order chi connectivity index (χ0) is 14.5. The molecule has 2 rings (SSSR count). The molecule has 0 aliphatic carbocycles. The van der Waals surface area contributed by atoms with Gasteiger partial charge in [-0.1, -0.05) is 25.1 Å². The van der Waals surface area contributed by atoms with Gasteiger partial charge in [0, 0.05) is 11.6 Å². The number of benzene rings is 1. The number of aliphatic hydroxyl groups excluding tert-OH is 1. The fourth-order valence-electron chi connectivity index (χ4n) is 2.06. The SMILES string of the molecule is CCC(N)C(Oc1ccccc1CO)c1ccc(C)o1. The normalized spacial score (nSPS) is 14.0. The molecule has 0 saturated carbocycles. The topological polar surface area (TPSA) is 68.6 Å². The standard InChI is InChI=1S/C16H21NO3/c1-3-13(17)16(15-9-8-11(2)19-15)20-14-7-5-4-6-12(14)10-18/h4-9,13,16,18H,3,10,17H2,1-2H3. The summed E-state index contributed by atoms with van der Waals surface area (Å²) in [6.45, 7) is 3.83. The Bertz CT molecular complexity index is 550. The summed E-state index contributed by atoms with van der Waals surface area (Å²) in [4.78, 5) is 0. The Labute approximate surface area is 119 Å². The lowest BCUT2D eigenvalue weighted by Gasteiger charge is -2.23. The third-order valence-corrected chi connectivity index (χ3v) is 3.30. The lowest BCUT2D eigenvalue weighted by Crippen LogP contribution is -2.31. The fraction of sp³-hybridized carbons (Fsp3) is 0.375. The van der Waals surface area contributed by atoms with Crippen LogP contribution in [0.3, 0.4) is 0 Å². The maximum atomic E-state index is 9.37. The Hall–Kier alpha value is -1.78. The van der Waals surface area contributed by atoms with Gasteiger partial charge in [-0.3, -0.25) is 0 Å². The van der Waals surface area contributed by atoms with Crippen molar-refractivity contribution >= 4 is 0 Å². The smallest absolute Gasteiger partial charge is 0.171 e. The molecule has 2 atom stereocenters. The first-order chi connectivity index (χ1) is 9.65. The van der Waals surface area contributed by atoms with Crippen LogP contribution in [0.2, 0.25) is 0 Å². The van der Waals surface area contributed by atoms with Gasteiger partial charge in [0.05, 0.1) is 6.61 Å². The Kier molecular flexibility index (Phi) is 4.82. The molecule has 0 radical (unpaired) electrons. The van der Waals surface area contributed by atoms with Crippen LogP contribution in [-0.2, 0) is 6.61 Å². The summed E-state index contributed by atoms with van der Waals surface area (Å²) >= 11 is 0. The van der Waals surface area contributed by atoms with E-state index in [0.29, 0.717) is 11.5 Å². The van der Waals surface area contributed by atoms with Crippen molar-refractivity contribution in [3.8, 4) is 5.75 Å². The van der Waals surface area contributed by atoms with E-state index >= 15 is 0 Å². The van der Waals surface area contributed by atoms with Crippen LogP contribution >= 0.6 is 0 Å². The number of aryl methyl sites for hydroxylation is 1. The molecule has 0 bridgehead atoms. The van der Waals surface area contributed by atoms with Crippen LogP contribution in [0, 0.1) is 6.92 Å². The van der Waals surface area contributed by atoms with E-state index in [1.807, 2.05) is 50.2 Å². The van der Waals surface area contributed by atoms with Crippen LogP contribution in [0.4, 0.5) is 0 Å². The molecule has 0 aliphatic heterocycles. The maximum Gasteiger partial charge on any atom is 0.171 e. The van der Waals surface area contributed by atoms with E-state index in [1.54, 1.807) is 0 Å². The predicted molar refractivity (Wildman–Crippen MR) is 77.4 cm³/mol. The van der Waals surface area contributed by atoms with Crippen molar-refractivity contribution in [2.24, 2.45) is 5.73 Å². The number of rotatable bonds is 6. The predicted octanol–water partition coefficient (Wildman–Crippen LogP) is 2.94. The number of hydrogen-bond donors (Lipinski definition) is 2. The summed E-state index contributed by atoms with van der Waals surface area (Å²) in [6.07, 6.45) is 0.410. The third kappa shape index (κ3) is 3.21. The van der Waals surface area contributed by atoms with Crippen LogP contribution in [0.25, 0.3) is 0 Å². The monoisotopic (exact) mass is 275 g/mol. The highest BCUT2D eigenvalue weighted by Gasteiger charge is 2.24. The van der Waals surface area contributed by atoms with Gasteiger partial charge < -0.3 is 20.0 Å². The van der Waals surface area contributed by atoms with Crippen molar-refractivity contribution < 1.29 is 14.3 Å². The van der Waals surface area contributed by atoms with Gasteiger partial charge in [0.2, 0.25) is 0 Å². The first kappa shape index (κ1) is 14.6. The quantitative estimate of drug-likeness (QED) is 0.850. The number of furan rings is 1. The molecule has 0 aliphatic rings. The molecule has 3 N–H and O–H groups in total. The van der Waals surface area contributed by atoms with Crippen molar-refractivity contribution in [1.82, 2.24) is 0 Å². The highest BCUT2D eigenvalue weighted by molar-refractivity contribution is 5.33. The molecule has 1 heterocycles. The molecular weight excluding hydrogens is 254 g/mol. The van der Waals surface area contributed by atoms with Gasteiger partial charge in [0.1, 0.15) is 17.3 Å². The highest BCUT2D eigenvalue weighted by Crippen LogP contribution is 2.29. The molecule has 4 heteroatoms. The minimum Gasteiger partial charge on any atom is -0.480 e. The molecule has 0 fully saturated rings. The van der Waals surface area contributed by atoms with Crippen LogP contribution in [0.1, 0.15) is 36.5 Å². The average Bonchev–Trinajstić information content (AvgIpc) is 2.90. The van der Waals surface area contributed by atoms with Gasteiger partial charge >= 0.3 is 0 Å². The number of hydrogen-bond acceptors (Lipinski definition) is 4. The Morgan fingerprint density at radius 1 is 1.25 bits per heavy atom. The van der Waals surface area contributed by atoms with E-state index in [2.05, 4.69) is 0 Å². The van der Waals surface area contributed by atoms with E-state index in [0.717, 1.165) is 17.7 Å². The maximum absolute atomic E-state index is 9.37. The Morgan fingerprint density at radius 3 is 2.60 bits per heavy atom. The molecule has 0 amide bonds. The average molecular weight is 275 g/mol. The molecule has 4 nitrogen and oxygen atoms in total. The minimum atomic E-state index is -0.360. The largest absolute Gasteiger partial charge is 0.480 e. The minimum absolute atomic E-state index is 0.0680. The van der Waals surface area contributed by atoms with E-state index in [9.17, 15) is 5.11 Å². The van der Waals surface area contributed by atoms with Gasteiger partial charge in [0.25, 0.3) is 0 Å². The molecule has 0 spiro atoms. The van der Waals surface area contributed by atoms with Gasteiger partial charge in [0.15, 0.2) is 6.10 Å². The number of nitrogens with two attached hydrogens (primary N) is 1. The number of para-hydroxylation sites is 1. The summed E-state index contributed by atoms with van der Waals surface area (Å²) in [5.74, 6) is 2.18. The zero-order valence-corrected chi connectivity index (χ0v) is 11.9. The fourth-order valence-corrected chi connectivity index (χ4v) is 2.06. The van der Waals surface area contributed by atoms with Crippen LogP contribution < -0.4 is 10.5 Å². The number of ether oxygens (including phenoxy) is 1. The van der Waals surface area contributed by atoms with Crippen molar-refractivity contribution in [3.05, 3.63) is 53.5 Å². The highest BCUT2D eigenvalue weighted by atomic mass is 16.5. The van der Waals surface area contributed by atoms with Crippen LogP contribution in [0.5, 0.6) is 5.75 Å². The lowest BCUT2D eigenvalue weighted by molar-refractivity contribution is 0.139. The van der Waals surface area contributed by atoms with Crippen LogP contribution in [-0.4, -0.2) is 11.1 Å². The van der Waals surface area contributed by atoms with Crippen molar-refractivity contribution in [3.63, 3.8) is 0 Å². The summed E-state index contributed by atoms with van der Waals surface area (Å²) in [6, 6.07) is 11.0. The molecule has 1 aromatic carbocycles. The molecule has 20 heavy (non-hydrogen) atoms. The third-order valence-electron chi connectivity index (χ3n) is 3.30. The van der Waals surface area contributed by atoms with Crippen molar-refractivity contribution in [2.75, 3.05) is 0 Å². The molecular formula is C16H21NO3. The molecule has 1 aromatic heterocycles. The van der Waals surface area contributed by atoms with Crippen molar-refractivity contribution in [2.45, 2.75) is 39.0 Å². The summed E-state index contributed by atoms with van der Waals surface area (Å²) in [5.41, 5.74) is 6.89. The summed E-state index contributed by atoms with van der Waals surface area (Å²) < 4.78 is 11.7. The lowest BCUT2D eigenvalue weighted by atomic mass is 10.1. The first-order valence-electron chi connectivity index (χ1n) is 6.83. The Morgan fingerprint density at radius 2 is 2.00 bits per heavy atom. The number of aliphatic hydroxyl groups is 1. The first-order valence-corrected chi connectivity index (χ1v) is 6.83. The van der Waals surface area contributed by atoms with E-state index in [1.165, 1.54) is 0 Å². The summed E-state index contributed by atoms with van der Waals surface area (Å²) in [7, 11) is 0. The molecule has 2 aromatic rings. The Balaban J connectivity index is 2.28. The van der Waals surface area contributed by atoms with Gasteiger partial charge in [-0.2, -0.15) is 0 Å². The van der Waals surface area contributed by atoms with E-state index in [-0.39, 0.29) is 18.8 Å². The van der Waals surface area contributed by atoms with E-state index < -0.39 is 0 Å². The van der Waals surface area contributed by atoms with Gasteiger partial charge in [-0.25, -0.2) is 0 Å². The van der Waals surface area contributed by atoms with Crippen LogP contribution in [0.15, 0.2) is 40.8 Å². The molecule has 0 saturated heterocycles. The van der Waals surface area contributed by atoms with Gasteiger partial charge in [-0.05, 0) is 31.5 Å². The second-order valence-electron chi connectivity index (χ2n) is 4.82. The van der Waals surface area contributed by atoms with Crippen molar-refractivity contribution in [1.29, 1.82) is 0 Å². The van der Waals surface area contributed by atoms with E-state index in [4.69, 9.17) is 14.9 Å². The molecule has 108 valence electrons. The zero-order valence-electron chi connectivity index (χ0n) is 11.9. The summed E-state index contributed by atoms with van der Waals surface area (Å²) in [5, 5.41) is 9.37. The van der Waals surface area contributed by atoms with Gasteiger partial charge in [-0.15, -0.1) is 0 Å². The second kappa shape index (κ2) is 6.59. The second-order valence-corrected chi connectivity index (χ2v) is 4.82.